The van der Waals surface area contributed by atoms with Gasteiger partial charge >= 0.3 is 0 Å². The second-order valence-corrected chi connectivity index (χ2v) is 6.87. The van der Waals surface area contributed by atoms with Crippen molar-refractivity contribution in [2.75, 3.05) is 0 Å². The molecule has 0 aliphatic heterocycles. The molecule has 0 saturated heterocycles. The fraction of sp³-hybridized carbons (Fsp3) is 0.200. The molecule has 0 heterocycles. The van der Waals surface area contributed by atoms with Gasteiger partial charge in [0.05, 0.1) is 10.4 Å². The van der Waals surface area contributed by atoms with E-state index < -0.39 is 27.2 Å². The molecule has 112 valence electrons. The van der Waals surface area contributed by atoms with Crippen molar-refractivity contribution in [2.24, 2.45) is 0 Å². The van der Waals surface area contributed by atoms with Gasteiger partial charge in [-0.1, -0.05) is 12.1 Å². The van der Waals surface area contributed by atoms with E-state index in [2.05, 4.69) is 4.72 Å². The molecular formula is C15H15F2NO2S. The SMILES string of the molecule is CC(C)(NS(=O)(=O)c1ccc(F)cc1)c1ccc(F)cc1. The van der Waals surface area contributed by atoms with Crippen molar-refractivity contribution >= 4 is 10.0 Å². The van der Waals surface area contributed by atoms with Crippen LogP contribution >= 0.6 is 0 Å². The summed E-state index contributed by atoms with van der Waals surface area (Å²) in [5.41, 5.74) is -0.310. The average molecular weight is 311 g/mol. The Labute approximate surface area is 122 Å². The molecule has 0 unspecified atom stereocenters. The zero-order chi connectivity index (χ0) is 15.7. The molecule has 0 saturated carbocycles. The molecule has 0 radical (unpaired) electrons. The third-order valence-electron chi connectivity index (χ3n) is 3.08. The van der Waals surface area contributed by atoms with Crippen LogP contribution in [-0.2, 0) is 15.6 Å². The molecule has 0 bridgehead atoms. The highest BCUT2D eigenvalue weighted by atomic mass is 32.2. The number of halogens is 2. The summed E-state index contributed by atoms with van der Waals surface area (Å²) in [4.78, 5) is -0.0286. The Balaban J connectivity index is 2.30. The first-order valence-corrected chi connectivity index (χ1v) is 7.75. The molecule has 6 heteroatoms. The van der Waals surface area contributed by atoms with E-state index in [1.165, 1.54) is 36.4 Å². The Morgan fingerprint density at radius 1 is 0.857 bits per heavy atom. The quantitative estimate of drug-likeness (QED) is 0.942. The van der Waals surface area contributed by atoms with Gasteiger partial charge in [-0.25, -0.2) is 21.9 Å². The Bertz CT molecular complexity index is 723. The Hall–Kier alpha value is -1.79. The van der Waals surface area contributed by atoms with Crippen molar-refractivity contribution < 1.29 is 17.2 Å². The smallest absolute Gasteiger partial charge is 0.207 e. The normalized spacial score (nSPS) is 12.4. The molecule has 0 aliphatic rings. The molecule has 3 nitrogen and oxygen atoms in total. The van der Waals surface area contributed by atoms with Crippen LogP contribution in [0.25, 0.3) is 0 Å². The van der Waals surface area contributed by atoms with Gasteiger partial charge in [-0.2, -0.15) is 0 Å². The van der Waals surface area contributed by atoms with Crippen LogP contribution in [0.2, 0.25) is 0 Å². The topological polar surface area (TPSA) is 46.2 Å². The van der Waals surface area contributed by atoms with E-state index in [4.69, 9.17) is 0 Å². The van der Waals surface area contributed by atoms with Gasteiger partial charge in [0.2, 0.25) is 10.0 Å². The maximum absolute atomic E-state index is 12.9. The predicted octanol–water partition coefficient (Wildman–Crippen LogP) is 3.18. The Morgan fingerprint density at radius 2 is 1.29 bits per heavy atom. The van der Waals surface area contributed by atoms with Crippen LogP contribution in [0.5, 0.6) is 0 Å². The highest BCUT2D eigenvalue weighted by Crippen LogP contribution is 2.23. The number of hydrogen-bond donors (Lipinski definition) is 1. The van der Waals surface area contributed by atoms with Gasteiger partial charge < -0.3 is 0 Å². The van der Waals surface area contributed by atoms with Crippen LogP contribution in [0, 0.1) is 11.6 Å². The van der Waals surface area contributed by atoms with Crippen LogP contribution in [-0.4, -0.2) is 8.42 Å². The summed E-state index contributed by atoms with van der Waals surface area (Å²) in [5.74, 6) is -0.900. The molecular weight excluding hydrogens is 296 g/mol. The highest BCUT2D eigenvalue weighted by Gasteiger charge is 2.27. The van der Waals surface area contributed by atoms with Crippen molar-refractivity contribution in [1.29, 1.82) is 0 Å². The van der Waals surface area contributed by atoms with E-state index in [-0.39, 0.29) is 4.90 Å². The molecule has 1 N–H and O–H groups in total. The molecule has 2 rings (SSSR count). The summed E-state index contributed by atoms with van der Waals surface area (Å²) in [6.07, 6.45) is 0. The van der Waals surface area contributed by atoms with Crippen molar-refractivity contribution in [1.82, 2.24) is 4.72 Å². The Morgan fingerprint density at radius 3 is 1.76 bits per heavy atom. The molecule has 2 aromatic rings. The van der Waals surface area contributed by atoms with E-state index >= 15 is 0 Å². The first-order chi connectivity index (χ1) is 9.71. The van der Waals surface area contributed by atoms with Crippen molar-refractivity contribution in [3.05, 3.63) is 65.7 Å². The standard InChI is InChI=1S/C15H15F2NO2S/c1-15(2,11-3-5-12(16)6-4-11)18-21(19,20)14-9-7-13(17)8-10-14/h3-10,18H,1-2H3. The summed E-state index contributed by atoms with van der Waals surface area (Å²) in [7, 11) is -3.80. The van der Waals surface area contributed by atoms with Crippen molar-refractivity contribution in [2.45, 2.75) is 24.3 Å². The molecule has 0 atom stereocenters. The fourth-order valence-corrected chi connectivity index (χ4v) is 3.34. The summed E-state index contributed by atoms with van der Waals surface area (Å²) >= 11 is 0. The molecule has 0 aliphatic carbocycles. The summed E-state index contributed by atoms with van der Waals surface area (Å²) in [6, 6.07) is 10.1. The van der Waals surface area contributed by atoms with Crippen molar-refractivity contribution in [3.8, 4) is 0 Å². The van der Waals surface area contributed by atoms with E-state index in [0.717, 1.165) is 12.1 Å². The van der Waals surface area contributed by atoms with E-state index in [9.17, 15) is 17.2 Å². The number of sulfonamides is 1. The average Bonchev–Trinajstić information content (AvgIpc) is 2.38. The van der Waals surface area contributed by atoms with Gasteiger partial charge in [-0.3, -0.25) is 0 Å². The van der Waals surface area contributed by atoms with E-state index in [0.29, 0.717) is 5.56 Å². The van der Waals surface area contributed by atoms with E-state index in [1.54, 1.807) is 13.8 Å². The summed E-state index contributed by atoms with van der Waals surface area (Å²) in [5, 5.41) is 0. The summed E-state index contributed by atoms with van der Waals surface area (Å²) < 4.78 is 52.9. The van der Waals surface area contributed by atoms with Crippen LogP contribution in [0.1, 0.15) is 19.4 Å². The first-order valence-electron chi connectivity index (χ1n) is 6.26. The van der Waals surface area contributed by atoms with E-state index in [1.807, 2.05) is 0 Å². The lowest BCUT2D eigenvalue weighted by Gasteiger charge is -2.26. The lowest BCUT2D eigenvalue weighted by molar-refractivity contribution is 0.471. The molecule has 0 fully saturated rings. The van der Waals surface area contributed by atoms with Gasteiger partial charge in [-0.05, 0) is 55.8 Å². The maximum atomic E-state index is 12.9. The lowest BCUT2D eigenvalue weighted by atomic mass is 9.96. The van der Waals surface area contributed by atoms with Crippen LogP contribution < -0.4 is 4.72 Å². The molecule has 0 aromatic heterocycles. The number of benzene rings is 2. The van der Waals surface area contributed by atoms with Crippen LogP contribution in [0.3, 0.4) is 0 Å². The molecule has 21 heavy (non-hydrogen) atoms. The maximum Gasteiger partial charge on any atom is 0.241 e. The third-order valence-corrected chi connectivity index (χ3v) is 4.75. The zero-order valence-corrected chi connectivity index (χ0v) is 12.4. The lowest BCUT2D eigenvalue weighted by Crippen LogP contribution is -2.40. The molecule has 0 amide bonds. The van der Waals surface area contributed by atoms with Crippen LogP contribution in [0.15, 0.2) is 53.4 Å². The minimum atomic E-state index is -3.80. The Kier molecular flexibility index (Phi) is 4.11. The van der Waals surface area contributed by atoms with Gasteiger partial charge in [0.25, 0.3) is 0 Å². The number of nitrogens with one attached hydrogen (secondary N) is 1. The second-order valence-electron chi connectivity index (χ2n) is 5.19. The second kappa shape index (κ2) is 5.54. The number of hydrogen-bond acceptors (Lipinski definition) is 2. The minimum absolute atomic E-state index is 0.0286. The van der Waals surface area contributed by atoms with Gasteiger partial charge in [0.1, 0.15) is 11.6 Å². The monoisotopic (exact) mass is 311 g/mol. The van der Waals surface area contributed by atoms with Crippen LogP contribution in [0.4, 0.5) is 8.78 Å². The predicted molar refractivity (Wildman–Crippen MR) is 76.1 cm³/mol. The van der Waals surface area contributed by atoms with Crippen molar-refractivity contribution in [3.63, 3.8) is 0 Å². The molecule has 0 spiro atoms. The fourth-order valence-electron chi connectivity index (χ4n) is 1.93. The largest absolute Gasteiger partial charge is 0.241 e. The summed E-state index contributed by atoms with van der Waals surface area (Å²) in [6.45, 7) is 3.34. The highest BCUT2D eigenvalue weighted by molar-refractivity contribution is 7.89. The third kappa shape index (κ3) is 3.65. The zero-order valence-electron chi connectivity index (χ0n) is 11.6. The van der Waals surface area contributed by atoms with Gasteiger partial charge in [-0.15, -0.1) is 0 Å². The minimum Gasteiger partial charge on any atom is -0.207 e. The molecule has 2 aromatic carbocycles. The van der Waals surface area contributed by atoms with Gasteiger partial charge in [0.15, 0.2) is 0 Å². The number of rotatable bonds is 4. The van der Waals surface area contributed by atoms with Gasteiger partial charge in [0, 0.05) is 0 Å². The first kappa shape index (κ1) is 15.6.